The Kier molecular flexibility index (Phi) is 4.86. The first-order valence-corrected chi connectivity index (χ1v) is 5.91. The summed E-state index contributed by atoms with van der Waals surface area (Å²) in [6.45, 7) is 5.08. The molecule has 0 saturated heterocycles. The zero-order chi connectivity index (χ0) is 14.6. The molecular weight excluding hydrogens is 251 g/mol. The lowest BCUT2D eigenvalue weighted by Gasteiger charge is -2.13. The number of amides is 1. The van der Waals surface area contributed by atoms with Crippen molar-refractivity contribution in [3.05, 3.63) is 29.1 Å². The first-order chi connectivity index (χ1) is 8.86. The highest BCUT2D eigenvalue weighted by molar-refractivity contribution is 5.93. The molecule has 19 heavy (non-hydrogen) atoms. The number of hydrogen-bond donors (Lipinski definition) is 2. The third-order valence-corrected chi connectivity index (χ3v) is 2.50. The van der Waals surface area contributed by atoms with Gasteiger partial charge in [0.1, 0.15) is 5.82 Å². The van der Waals surface area contributed by atoms with Crippen LogP contribution < -0.4 is 11.1 Å². The summed E-state index contributed by atoms with van der Waals surface area (Å²) in [7, 11) is 0. The number of carbonyl (C=O) groups is 2. The van der Waals surface area contributed by atoms with Gasteiger partial charge in [0, 0.05) is 12.2 Å². The van der Waals surface area contributed by atoms with Crippen LogP contribution in [0.1, 0.15) is 29.8 Å². The number of nitrogens with one attached hydrogen (secondary N) is 1. The molecule has 1 rings (SSSR count). The Balaban J connectivity index is 2.87. The maximum Gasteiger partial charge on any atom is 0.341 e. The van der Waals surface area contributed by atoms with Crippen molar-refractivity contribution >= 4 is 17.6 Å². The summed E-state index contributed by atoms with van der Waals surface area (Å²) >= 11 is 0. The van der Waals surface area contributed by atoms with E-state index in [4.69, 9.17) is 10.5 Å². The molecule has 1 aromatic rings. The molecule has 1 atom stereocenters. The highest BCUT2D eigenvalue weighted by Gasteiger charge is 2.21. The van der Waals surface area contributed by atoms with E-state index in [0.717, 1.165) is 0 Å². The van der Waals surface area contributed by atoms with E-state index < -0.39 is 23.8 Å². The summed E-state index contributed by atoms with van der Waals surface area (Å²) in [5.74, 6) is -2.04. The maximum atomic E-state index is 13.8. The average Bonchev–Trinajstić information content (AvgIpc) is 2.33. The fourth-order valence-electron chi connectivity index (χ4n) is 1.54. The van der Waals surface area contributed by atoms with Gasteiger partial charge in [0.2, 0.25) is 0 Å². The van der Waals surface area contributed by atoms with Gasteiger partial charge in [-0.05, 0) is 38.5 Å². The summed E-state index contributed by atoms with van der Waals surface area (Å²) < 4.78 is 18.7. The van der Waals surface area contributed by atoms with Gasteiger partial charge in [0.15, 0.2) is 6.10 Å². The van der Waals surface area contributed by atoms with Crippen LogP contribution in [-0.2, 0) is 9.53 Å². The number of aryl methyl sites for hydroxylation is 1. The zero-order valence-electron chi connectivity index (χ0n) is 11.1. The van der Waals surface area contributed by atoms with E-state index in [2.05, 4.69) is 5.32 Å². The largest absolute Gasteiger partial charge is 0.449 e. The minimum atomic E-state index is -0.992. The Morgan fingerprint density at radius 2 is 2.11 bits per heavy atom. The first-order valence-electron chi connectivity index (χ1n) is 5.91. The molecule has 1 unspecified atom stereocenters. The van der Waals surface area contributed by atoms with E-state index in [9.17, 15) is 14.0 Å². The van der Waals surface area contributed by atoms with Gasteiger partial charge in [-0.1, -0.05) is 0 Å². The Morgan fingerprint density at radius 1 is 1.47 bits per heavy atom. The van der Waals surface area contributed by atoms with Gasteiger partial charge < -0.3 is 15.8 Å². The number of rotatable bonds is 4. The quantitative estimate of drug-likeness (QED) is 0.639. The second kappa shape index (κ2) is 6.17. The molecule has 0 spiro atoms. The van der Waals surface area contributed by atoms with E-state index in [1.54, 1.807) is 6.92 Å². The Bertz CT molecular complexity index is 503. The molecule has 104 valence electrons. The van der Waals surface area contributed by atoms with Crippen LogP contribution in [0.4, 0.5) is 10.1 Å². The fraction of sp³-hybridized carbons (Fsp3) is 0.385. The average molecular weight is 268 g/mol. The summed E-state index contributed by atoms with van der Waals surface area (Å²) in [6.07, 6.45) is -0.992. The molecule has 0 aromatic heterocycles. The predicted molar refractivity (Wildman–Crippen MR) is 69.1 cm³/mol. The molecule has 1 amide bonds. The van der Waals surface area contributed by atoms with E-state index in [1.165, 1.54) is 26.0 Å². The third kappa shape index (κ3) is 3.67. The van der Waals surface area contributed by atoms with Gasteiger partial charge >= 0.3 is 5.97 Å². The molecule has 0 heterocycles. The molecular formula is C13H17FN2O3. The second-order valence-electron chi connectivity index (χ2n) is 4.14. The molecule has 6 heteroatoms. The van der Waals surface area contributed by atoms with Gasteiger partial charge in [0.25, 0.3) is 5.91 Å². The van der Waals surface area contributed by atoms with E-state index in [0.29, 0.717) is 6.54 Å². The van der Waals surface area contributed by atoms with Gasteiger partial charge in [-0.3, -0.25) is 4.79 Å². The van der Waals surface area contributed by atoms with E-state index in [-0.39, 0.29) is 16.8 Å². The van der Waals surface area contributed by atoms with Crippen LogP contribution in [0.15, 0.2) is 12.1 Å². The smallest absolute Gasteiger partial charge is 0.341 e. The van der Waals surface area contributed by atoms with E-state index >= 15 is 0 Å². The van der Waals surface area contributed by atoms with Crippen LogP contribution in [0, 0.1) is 12.7 Å². The van der Waals surface area contributed by atoms with Crippen LogP contribution in [0.25, 0.3) is 0 Å². The van der Waals surface area contributed by atoms with Crippen molar-refractivity contribution in [2.24, 2.45) is 0 Å². The summed E-state index contributed by atoms with van der Waals surface area (Å²) in [5.41, 5.74) is 5.79. The van der Waals surface area contributed by atoms with Crippen LogP contribution in [-0.4, -0.2) is 24.5 Å². The SMILES string of the molecule is CCNC(=O)C(C)OC(=O)c1cc(N)cc(C)c1F. The van der Waals surface area contributed by atoms with Crippen molar-refractivity contribution < 1.29 is 18.7 Å². The van der Waals surface area contributed by atoms with Crippen molar-refractivity contribution in [3.63, 3.8) is 0 Å². The van der Waals surface area contributed by atoms with Crippen molar-refractivity contribution in [1.29, 1.82) is 0 Å². The number of halogens is 1. The number of benzene rings is 1. The predicted octanol–water partition coefficient (Wildman–Crippen LogP) is 1.40. The van der Waals surface area contributed by atoms with Gasteiger partial charge in [-0.2, -0.15) is 0 Å². The third-order valence-electron chi connectivity index (χ3n) is 2.50. The summed E-state index contributed by atoms with van der Waals surface area (Å²) in [5, 5.41) is 2.50. The topological polar surface area (TPSA) is 81.4 Å². The lowest BCUT2D eigenvalue weighted by Crippen LogP contribution is -2.35. The molecule has 0 bridgehead atoms. The fourth-order valence-corrected chi connectivity index (χ4v) is 1.54. The summed E-state index contributed by atoms with van der Waals surface area (Å²) in [4.78, 5) is 23.2. The molecule has 3 N–H and O–H groups in total. The van der Waals surface area contributed by atoms with Crippen LogP contribution in [0.5, 0.6) is 0 Å². The molecule has 0 fully saturated rings. The molecule has 0 radical (unpaired) electrons. The highest BCUT2D eigenvalue weighted by atomic mass is 19.1. The van der Waals surface area contributed by atoms with Crippen LogP contribution in [0.3, 0.4) is 0 Å². The number of ether oxygens (including phenoxy) is 1. The number of likely N-dealkylation sites (N-methyl/N-ethyl adjacent to an activating group) is 1. The van der Waals surface area contributed by atoms with Crippen molar-refractivity contribution in [2.45, 2.75) is 26.9 Å². The molecule has 0 aliphatic carbocycles. The van der Waals surface area contributed by atoms with Gasteiger partial charge in [-0.15, -0.1) is 0 Å². The molecule has 5 nitrogen and oxygen atoms in total. The highest BCUT2D eigenvalue weighted by Crippen LogP contribution is 2.18. The monoisotopic (exact) mass is 268 g/mol. The zero-order valence-corrected chi connectivity index (χ0v) is 11.1. The van der Waals surface area contributed by atoms with Crippen molar-refractivity contribution in [3.8, 4) is 0 Å². The van der Waals surface area contributed by atoms with Gasteiger partial charge in [0.05, 0.1) is 5.56 Å². The molecule has 0 aliphatic heterocycles. The Labute approximate surface area is 110 Å². The number of nitrogen functional groups attached to an aromatic ring is 1. The maximum absolute atomic E-state index is 13.8. The number of hydrogen-bond acceptors (Lipinski definition) is 4. The normalized spacial score (nSPS) is 11.8. The summed E-state index contributed by atoms with van der Waals surface area (Å²) in [6, 6.07) is 2.61. The molecule has 1 aromatic carbocycles. The van der Waals surface area contributed by atoms with Crippen molar-refractivity contribution in [2.75, 3.05) is 12.3 Å². The minimum absolute atomic E-state index is 0.248. The minimum Gasteiger partial charge on any atom is -0.449 e. The molecule has 0 aliphatic rings. The molecule has 0 saturated carbocycles. The lowest BCUT2D eigenvalue weighted by molar-refractivity contribution is -0.128. The van der Waals surface area contributed by atoms with Crippen LogP contribution in [0.2, 0.25) is 0 Å². The standard InChI is InChI=1S/C13H17FN2O3/c1-4-16-12(17)8(3)19-13(18)10-6-9(15)5-7(2)11(10)14/h5-6,8H,4,15H2,1-3H3,(H,16,17). The first kappa shape index (κ1) is 14.9. The van der Waals surface area contributed by atoms with Crippen molar-refractivity contribution in [1.82, 2.24) is 5.32 Å². The van der Waals surface area contributed by atoms with Gasteiger partial charge in [-0.25, -0.2) is 9.18 Å². The van der Waals surface area contributed by atoms with Crippen LogP contribution >= 0.6 is 0 Å². The number of nitrogens with two attached hydrogens (primary N) is 1. The number of esters is 1. The van der Waals surface area contributed by atoms with E-state index in [1.807, 2.05) is 0 Å². The second-order valence-corrected chi connectivity index (χ2v) is 4.14. The number of anilines is 1. The Morgan fingerprint density at radius 3 is 2.68 bits per heavy atom. The lowest BCUT2D eigenvalue weighted by atomic mass is 10.1. The Hall–Kier alpha value is -2.11. The number of carbonyl (C=O) groups excluding carboxylic acids is 2.